The molecule has 100 valence electrons. The Hall–Kier alpha value is -0.260. The van der Waals surface area contributed by atoms with Crippen LogP contribution in [0.2, 0.25) is 5.02 Å². The van der Waals surface area contributed by atoms with Crippen molar-refractivity contribution in [1.29, 1.82) is 0 Å². The highest BCUT2D eigenvalue weighted by Gasteiger charge is 2.28. The summed E-state index contributed by atoms with van der Waals surface area (Å²) in [4.78, 5) is 12.1. The zero-order valence-corrected chi connectivity index (χ0v) is 13.8. The van der Waals surface area contributed by atoms with Crippen molar-refractivity contribution in [1.82, 2.24) is 5.32 Å². The summed E-state index contributed by atoms with van der Waals surface area (Å²) in [6.07, 6.45) is 0.767. The molecule has 0 aromatic heterocycles. The Bertz CT molecular complexity index is 428. The Balaban J connectivity index is 2.94. The van der Waals surface area contributed by atoms with Gasteiger partial charge in [0.25, 0.3) is 5.91 Å². The monoisotopic (exact) mass is 397 g/mol. The molecule has 0 radical (unpaired) electrons. The minimum atomic E-state index is -0.372. The lowest BCUT2D eigenvalue weighted by Gasteiger charge is -2.30. The second-order valence-electron chi connectivity index (χ2n) is 4.02. The molecular formula is C12H14Br2ClNO2. The van der Waals surface area contributed by atoms with E-state index in [0.29, 0.717) is 15.7 Å². The van der Waals surface area contributed by atoms with Gasteiger partial charge in [-0.15, -0.1) is 0 Å². The summed E-state index contributed by atoms with van der Waals surface area (Å²) in [5, 5.41) is 14.3. The van der Waals surface area contributed by atoms with Crippen molar-refractivity contribution in [3.63, 3.8) is 0 Å². The fourth-order valence-corrected chi connectivity index (χ4v) is 3.55. The lowest BCUT2D eigenvalue weighted by Crippen LogP contribution is -2.51. The fourth-order valence-electron chi connectivity index (χ4n) is 1.38. The molecule has 3 nitrogen and oxygen atoms in total. The minimum absolute atomic E-state index is 0.117. The topological polar surface area (TPSA) is 49.3 Å². The van der Waals surface area contributed by atoms with Gasteiger partial charge in [-0.1, -0.05) is 50.4 Å². The first-order valence-electron chi connectivity index (χ1n) is 5.41. The number of rotatable bonds is 5. The number of benzene rings is 1. The quantitative estimate of drug-likeness (QED) is 0.742. The molecule has 0 aliphatic heterocycles. The third-order valence-electron chi connectivity index (χ3n) is 2.77. The van der Waals surface area contributed by atoms with Crippen LogP contribution in [-0.4, -0.2) is 27.2 Å². The molecule has 0 heterocycles. The molecule has 6 heteroatoms. The zero-order valence-electron chi connectivity index (χ0n) is 9.84. The van der Waals surface area contributed by atoms with E-state index in [1.165, 1.54) is 12.1 Å². The molecule has 0 saturated heterocycles. The van der Waals surface area contributed by atoms with E-state index in [0.717, 1.165) is 6.42 Å². The standard InChI is InChI=1S/C12H14Br2ClNO2/c1-2-12(6-13,7-14)16-11(18)9-4-3-8(15)5-10(9)17/h3-5,17H,2,6-7H2,1H3,(H,16,18). The van der Waals surface area contributed by atoms with Crippen LogP contribution in [0.25, 0.3) is 0 Å². The number of carbonyl (C=O) groups excluding carboxylic acids is 1. The number of carbonyl (C=O) groups is 1. The Morgan fingerprint density at radius 1 is 1.44 bits per heavy atom. The van der Waals surface area contributed by atoms with Crippen LogP contribution in [0, 0.1) is 0 Å². The first kappa shape index (κ1) is 15.8. The predicted molar refractivity (Wildman–Crippen MR) is 81.2 cm³/mol. The van der Waals surface area contributed by atoms with E-state index in [9.17, 15) is 9.90 Å². The molecule has 0 fully saturated rings. The number of phenolic OH excluding ortho intramolecular Hbond substituents is 1. The lowest BCUT2D eigenvalue weighted by atomic mass is 10.0. The number of aromatic hydroxyl groups is 1. The van der Waals surface area contributed by atoms with Gasteiger partial charge in [0.05, 0.1) is 11.1 Å². The third-order valence-corrected chi connectivity index (χ3v) is 5.15. The minimum Gasteiger partial charge on any atom is -0.507 e. The molecular weight excluding hydrogens is 385 g/mol. The van der Waals surface area contributed by atoms with Crippen LogP contribution < -0.4 is 5.32 Å². The van der Waals surface area contributed by atoms with Gasteiger partial charge in [0, 0.05) is 15.7 Å². The van der Waals surface area contributed by atoms with Crippen LogP contribution in [0.5, 0.6) is 5.75 Å². The SMILES string of the molecule is CCC(CBr)(CBr)NC(=O)c1ccc(Cl)cc1O. The Morgan fingerprint density at radius 3 is 2.50 bits per heavy atom. The van der Waals surface area contributed by atoms with Gasteiger partial charge in [-0.05, 0) is 24.6 Å². The van der Waals surface area contributed by atoms with Crippen LogP contribution in [0.15, 0.2) is 18.2 Å². The normalized spacial score (nSPS) is 11.3. The molecule has 0 saturated carbocycles. The maximum atomic E-state index is 12.1. The first-order chi connectivity index (χ1) is 8.48. The number of amides is 1. The van der Waals surface area contributed by atoms with Crippen molar-refractivity contribution < 1.29 is 9.90 Å². The molecule has 0 bridgehead atoms. The van der Waals surface area contributed by atoms with Gasteiger partial charge in [0.1, 0.15) is 5.75 Å². The predicted octanol–water partition coefficient (Wildman–Crippen LogP) is 3.71. The van der Waals surface area contributed by atoms with Crippen LogP contribution in [-0.2, 0) is 0 Å². The van der Waals surface area contributed by atoms with E-state index >= 15 is 0 Å². The molecule has 0 unspecified atom stereocenters. The molecule has 0 atom stereocenters. The summed E-state index contributed by atoms with van der Waals surface area (Å²) in [7, 11) is 0. The Kier molecular flexibility index (Phi) is 5.95. The van der Waals surface area contributed by atoms with E-state index in [1.807, 2.05) is 6.92 Å². The van der Waals surface area contributed by atoms with Gasteiger partial charge in [0.2, 0.25) is 0 Å². The molecule has 1 aromatic carbocycles. The smallest absolute Gasteiger partial charge is 0.255 e. The average molecular weight is 400 g/mol. The Morgan fingerprint density at radius 2 is 2.06 bits per heavy atom. The highest BCUT2D eigenvalue weighted by molar-refractivity contribution is 9.09. The molecule has 1 rings (SSSR count). The highest BCUT2D eigenvalue weighted by Crippen LogP contribution is 2.24. The molecule has 18 heavy (non-hydrogen) atoms. The number of phenols is 1. The van der Waals surface area contributed by atoms with Crippen LogP contribution in [0.4, 0.5) is 0 Å². The molecule has 0 aliphatic carbocycles. The van der Waals surface area contributed by atoms with Crippen LogP contribution in [0.1, 0.15) is 23.7 Å². The number of alkyl halides is 2. The molecule has 0 aliphatic rings. The summed E-state index contributed by atoms with van der Waals surface area (Å²) in [6.45, 7) is 1.99. The number of nitrogens with one attached hydrogen (secondary N) is 1. The summed E-state index contributed by atoms with van der Waals surface area (Å²) < 4.78 is 0. The van der Waals surface area contributed by atoms with Crippen molar-refractivity contribution in [2.45, 2.75) is 18.9 Å². The fraction of sp³-hybridized carbons (Fsp3) is 0.417. The summed E-state index contributed by atoms with van der Waals surface area (Å²) >= 11 is 12.5. The maximum Gasteiger partial charge on any atom is 0.255 e. The molecule has 1 aromatic rings. The van der Waals surface area contributed by atoms with Crippen molar-refractivity contribution in [3.8, 4) is 5.75 Å². The summed E-state index contributed by atoms with van der Waals surface area (Å²) in [5.74, 6) is -0.431. The molecule has 0 spiro atoms. The number of hydrogen-bond acceptors (Lipinski definition) is 2. The maximum absolute atomic E-state index is 12.1. The van der Waals surface area contributed by atoms with Crippen LogP contribution >= 0.6 is 43.5 Å². The van der Waals surface area contributed by atoms with Gasteiger partial charge in [0.15, 0.2) is 0 Å². The highest BCUT2D eigenvalue weighted by atomic mass is 79.9. The Labute approximate surface area is 128 Å². The van der Waals surface area contributed by atoms with E-state index in [1.54, 1.807) is 6.07 Å². The van der Waals surface area contributed by atoms with Crippen molar-refractivity contribution >= 4 is 49.4 Å². The van der Waals surface area contributed by atoms with Gasteiger partial charge in [-0.2, -0.15) is 0 Å². The number of halogens is 3. The second-order valence-corrected chi connectivity index (χ2v) is 5.57. The van der Waals surface area contributed by atoms with Crippen molar-refractivity contribution in [2.24, 2.45) is 0 Å². The summed E-state index contributed by atoms with van der Waals surface area (Å²) in [5.41, 5.74) is -0.150. The lowest BCUT2D eigenvalue weighted by molar-refractivity contribution is 0.0912. The molecule has 2 N–H and O–H groups in total. The van der Waals surface area contributed by atoms with E-state index in [-0.39, 0.29) is 22.8 Å². The van der Waals surface area contributed by atoms with E-state index in [2.05, 4.69) is 37.2 Å². The van der Waals surface area contributed by atoms with Crippen molar-refractivity contribution in [2.75, 3.05) is 10.7 Å². The molecule has 1 amide bonds. The largest absolute Gasteiger partial charge is 0.507 e. The average Bonchev–Trinajstić information content (AvgIpc) is 2.36. The van der Waals surface area contributed by atoms with Gasteiger partial charge < -0.3 is 10.4 Å². The van der Waals surface area contributed by atoms with E-state index < -0.39 is 0 Å². The third kappa shape index (κ3) is 3.62. The zero-order chi connectivity index (χ0) is 13.8. The second kappa shape index (κ2) is 6.78. The van der Waals surface area contributed by atoms with E-state index in [4.69, 9.17) is 11.6 Å². The van der Waals surface area contributed by atoms with Gasteiger partial charge >= 0.3 is 0 Å². The number of hydrogen-bond donors (Lipinski definition) is 2. The van der Waals surface area contributed by atoms with Crippen LogP contribution in [0.3, 0.4) is 0 Å². The summed E-state index contributed by atoms with van der Waals surface area (Å²) in [6, 6.07) is 4.44. The van der Waals surface area contributed by atoms with Gasteiger partial charge in [-0.3, -0.25) is 4.79 Å². The van der Waals surface area contributed by atoms with Crippen molar-refractivity contribution in [3.05, 3.63) is 28.8 Å². The first-order valence-corrected chi connectivity index (χ1v) is 8.03. The van der Waals surface area contributed by atoms with Gasteiger partial charge in [-0.25, -0.2) is 0 Å².